The summed E-state index contributed by atoms with van der Waals surface area (Å²) in [5.41, 5.74) is 6.49. The van der Waals surface area contributed by atoms with Crippen molar-refractivity contribution < 1.29 is 9.53 Å². The summed E-state index contributed by atoms with van der Waals surface area (Å²) in [6.45, 7) is 2.61. The van der Waals surface area contributed by atoms with E-state index in [1.165, 1.54) is 0 Å². The van der Waals surface area contributed by atoms with E-state index in [1.807, 2.05) is 6.92 Å². The normalized spacial score (nSPS) is 11.7. The number of nitrogens with one attached hydrogen (secondary N) is 2. The molecule has 0 aliphatic rings. The zero-order valence-corrected chi connectivity index (χ0v) is 10.9. The predicted octanol–water partition coefficient (Wildman–Crippen LogP) is 1.94. The number of hydrogen-bond acceptors (Lipinski definition) is 3. The molecule has 1 aromatic rings. The summed E-state index contributed by atoms with van der Waals surface area (Å²) in [4.78, 5) is 11.5. The highest BCUT2D eigenvalue weighted by Gasteiger charge is 2.03. The molecule has 1 aromatic carbocycles. The smallest absolute Gasteiger partial charge is 0.319 e. The molecule has 0 saturated carbocycles. The quantitative estimate of drug-likeness (QED) is 0.723. The molecule has 5 heteroatoms. The lowest BCUT2D eigenvalue weighted by Crippen LogP contribution is -2.33. The van der Waals surface area contributed by atoms with Gasteiger partial charge in [-0.25, -0.2) is 4.79 Å². The molecule has 5 nitrogen and oxygen atoms in total. The van der Waals surface area contributed by atoms with E-state index < -0.39 is 0 Å². The Morgan fingerprint density at radius 2 is 2.06 bits per heavy atom. The molecule has 1 unspecified atom stereocenters. The van der Waals surface area contributed by atoms with Gasteiger partial charge in [-0.3, -0.25) is 0 Å². The second-order valence-electron chi connectivity index (χ2n) is 4.07. The number of urea groups is 1. The molecule has 18 heavy (non-hydrogen) atoms. The number of rotatable bonds is 6. The van der Waals surface area contributed by atoms with Crippen molar-refractivity contribution in [3.05, 3.63) is 24.3 Å². The highest BCUT2D eigenvalue weighted by molar-refractivity contribution is 5.89. The maximum atomic E-state index is 11.5. The van der Waals surface area contributed by atoms with E-state index in [0.29, 0.717) is 6.54 Å². The molecule has 0 heterocycles. The largest absolute Gasteiger partial charge is 0.497 e. The zero-order chi connectivity index (χ0) is 13.4. The van der Waals surface area contributed by atoms with E-state index in [4.69, 9.17) is 10.5 Å². The highest BCUT2D eigenvalue weighted by atomic mass is 16.5. The molecule has 0 saturated heterocycles. The summed E-state index contributed by atoms with van der Waals surface area (Å²) in [5, 5.41) is 5.50. The monoisotopic (exact) mass is 251 g/mol. The molecule has 0 bridgehead atoms. The Balaban J connectivity index is 2.30. The Bertz CT molecular complexity index is 365. The molecule has 2 amide bonds. The molecule has 1 atom stereocenters. The molecule has 0 aliphatic carbocycles. The fourth-order valence-corrected chi connectivity index (χ4v) is 1.42. The van der Waals surface area contributed by atoms with Crippen molar-refractivity contribution >= 4 is 11.7 Å². The molecule has 0 aliphatic heterocycles. The molecule has 0 spiro atoms. The third-order valence-electron chi connectivity index (χ3n) is 2.67. The maximum Gasteiger partial charge on any atom is 0.319 e. The number of nitrogens with two attached hydrogens (primary N) is 1. The fraction of sp³-hybridized carbons (Fsp3) is 0.462. The molecule has 100 valence electrons. The van der Waals surface area contributed by atoms with E-state index in [1.54, 1.807) is 31.4 Å². The van der Waals surface area contributed by atoms with Gasteiger partial charge in [0.1, 0.15) is 5.75 Å². The van der Waals surface area contributed by atoms with Gasteiger partial charge in [0, 0.05) is 18.3 Å². The SMILES string of the molecule is CCC(N)CCNC(=O)Nc1ccc(OC)cc1. The molecule has 0 radical (unpaired) electrons. The van der Waals surface area contributed by atoms with Crippen molar-refractivity contribution in [1.29, 1.82) is 0 Å². The third kappa shape index (κ3) is 5.05. The van der Waals surface area contributed by atoms with Gasteiger partial charge in [-0.1, -0.05) is 6.92 Å². The van der Waals surface area contributed by atoms with Crippen molar-refractivity contribution in [1.82, 2.24) is 5.32 Å². The number of amides is 2. The van der Waals surface area contributed by atoms with Crippen molar-refractivity contribution in [2.75, 3.05) is 19.0 Å². The first-order valence-electron chi connectivity index (χ1n) is 6.10. The van der Waals surface area contributed by atoms with Crippen LogP contribution in [0.25, 0.3) is 0 Å². The van der Waals surface area contributed by atoms with Crippen molar-refractivity contribution in [2.24, 2.45) is 5.73 Å². The average Bonchev–Trinajstić information content (AvgIpc) is 2.39. The van der Waals surface area contributed by atoms with Gasteiger partial charge in [0.15, 0.2) is 0 Å². The Labute approximate surface area is 108 Å². The lowest BCUT2D eigenvalue weighted by Gasteiger charge is -2.10. The number of benzene rings is 1. The summed E-state index contributed by atoms with van der Waals surface area (Å²) in [6, 6.07) is 7.09. The van der Waals surface area contributed by atoms with Crippen molar-refractivity contribution in [2.45, 2.75) is 25.8 Å². The van der Waals surface area contributed by atoms with Crippen LogP contribution in [0.5, 0.6) is 5.75 Å². The number of hydrogen-bond donors (Lipinski definition) is 3. The van der Waals surface area contributed by atoms with Crippen LogP contribution >= 0.6 is 0 Å². The van der Waals surface area contributed by atoms with Crippen LogP contribution in [0.3, 0.4) is 0 Å². The second kappa shape index (κ2) is 7.55. The van der Waals surface area contributed by atoms with Gasteiger partial charge < -0.3 is 21.1 Å². The summed E-state index contributed by atoms with van der Waals surface area (Å²) >= 11 is 0. The van der Waals surface area contributed by atoms with Gasteiger partial charge in [0.25, 0.3) is 0 Å². The first-order valence-corrected chi connectivity index (χ1v) is 6.10. The van der Waals surface area contributed by atoms with E-state index in [0.717, 1.165) is 24.3 Å². The minimum atomic E-state index is -0.219. The predicted molar refractivity (Wildman–Crippen MR) is 72.9 cm³/mol. The van der Waals surface area contributed by atoms with E-state index in [9.17, 15) is 4.79 Å². The number of carbonyl (C=O) groups excluding carboxylic acids is 1. The van der Waals surface area contributed by atoms with Crippen LogP contribution in [-0.2, 0) is 0 Å². The lowest BCUT2D eigenvalue weighted by atomic mass is 10.2. The van der Waals surface area contributed by atoms with Gasteiger partial charge in [-0.05, 0) is 37.1 Å². The number of ether oxygens (including phenoxy) is 1. The summed E-state index contributed by atoms with van der Waals surface area (Å²) in [5.74, 6) is 0.759. The van der Waals surface area contributed by atoms with Crippen LogP contribution < -0.4 is 21.1 Å². The van der Waals surface area contributed by atoms with E-state index >= 15 is 0 Å². The topological polar surface area (TPSA) is 76.4 Å². The van der Waals surface area contributed by atoms with Crippen LogP contribution in [0.2, 0.25) is 0 Å². The molecule has 0 aromatic heterocycles. The first kappa shape index (κ1) is 14.3. The van der Waals surface area contributed by atoms with E-state index in [-0.39, 0.29) is 12.1 Å². The van der Waals surface area contributed by atoms with Crippen LogP contribution in [0.1, 0.15) is 19.8 Å². The zero-order valence-electron chi connectivity index (χ0n) is 10.9. The minimum Gasteiger partial charge on any atom is -0.497 e. The lowest BCUT2D eigenvalue weighted by molar-refractivity contribution is 0.251. The third-order valence-corrected chi connectivity index (χ3v) is 2.67. The van der Waals surface area contributed by atoms with Crippen molar-refractivity contribution in [3.63, 3.8) is 0 Å². The average molecular weight is 251 g/mol. The first-order chi connectivity index (χ1) is 8.65. The number of methoxy groups -OCH3 is 1. The summed E-state index contributed by atoms with van der Waals surface area (Å²) in [7, 11) is 1.60. The standard InChI is InChI=1S/C13H21N3O2/c1-3-10(14)8-9-15-13(17)16-11-4-6-12(18-2)7-5-11/h4-7,10H,3,8-9,14H2,1-2H3,(H2,15,16,17). The maximum absolute atomic E-state index is 11.5. The van der Waals surface area contributed by atoms with Gasteiger partial charge in [-0.15, -0.1) is 0 Å². The van der Waals surface area contributed by atoms with Crippen LogP contribution in [0.4, 0.5) is 10.5 Å². The Morgan fingerprint density at radius 3 is 2.61 bits per heavy atom. The van der Waals surface area contributed by atoms with E-state index in [2.05, 4.69) is 10.6 Å². The van der Waals surface area contributed by atoms with Gasteiger partial charge >= 0.3 is 6.03 Å². The number of anilines is 1. The second-order valence-corrected chi connectivity index (χ2v) is 4.07. The molecule has 4 N–H and O–H groups in total. The summed E-state index contributed by atoms with van der Waals surface area (Å²) in [6.07, 6.45) is 1.70. The van der Waals surface area contributed by atoms with Crippen LogP contribution in [0, 0.1) is 0 Å². The van der Waals surface area contributed by atoms with Crippen LogP contribution in [0.15, 0.2) is 24.3 Å². The van der Waals surface area contributed by atoms with Crippen molar-refractivity contribution in [3.8, 4) is 5.75 Å². The Hall–Kier alpha value is -1.75. The van der Waals surface area contributed by atoms with Gasteiger partial charge in [-0.2, -0.15) is 0 Å². The number of carbonyl (C=O) groups is 1. The minimum absolute atomic E-state index is 0.145. The fourth-order valence-electron chi connectivity index (χ4n) is 1.42. The van der Waals surface area contributed by atoms with Crippen LogP contribution in [-0.4, -0.2) is 25.7 Å². The highest BCUT2D eigenvalue weighted by Crippen LogP contribution is 2.14. The van der Waals surface area contributed by atoms with Gasteiger partial charge in [0.2, 0.25) is 0 Å². The van der Waals surface area contributed by atoms with Gasteiger partial charge in [0.05, 0.1) is 7.11 Å². The Morgan fingerprint density at radius 1 is 1.39 bits per heavy atom. The Kier molecular flexibility index (Phi) is 6.00. The molecule has 0 fully saturated rings. The molecular weight excluding hydrogens is 230 g/mol. The molecule has 1 rings (SSSR count). The molecular formula is C13H21N3O2. The summed E-state index contributed by atoms with van der Waals surface area (Å²) < 4.78 is 5.04.